The molecule has 1 rings (SSSR count). The van der Waals surface area contributed by atoms with Gasteiger partial charge in [0.05, 0.1) is 12.8 Å². The summed E-state index contributed by atoms with van der Waals surface area (Å²) in [6.45, 7) is 3.65. The molecule has 1 N–H and O–H groups in total. The third-order valence-electron chi connectivity index (χ3n) is 2.65. The number of halogens is 1. The Bertz CT molecular complexity index is 576. The predicted molar refractivity (Wildman–Crippen MR) is 79.7 cm³/mol. The fraction of sp³-hybridized carbons (Fsp3) is 0.417. The average Bonchev–Trinajstić information content (AvgIpc) is 2.24. The zero-order valence-corrected chi connectivity index (χ0v) is 13.7. The molecular weight excluding hydrogens is 332 g/mol. The third-order valence-corrected chi connectivity index (χ3v) is 5.16. The van der Waals surface area contributed by atoms with Crippen molar-refractivity contribution in [2.75, 3.05) is 25.2 Å². The summed E-state index contributed by atoms with van der Waals surface area (Å²) < 4.78 is 24.4. The Hall–Kier alpha value is -0.920. The second kappa shape index (κ2) is 6.02. The van der Waals surface area contributed by atoms with Gasteiger partial charge in [0.1, 0.15) is 0 Å². The molecule has 5 nitrogen and oxygen atoms in total. The normalized spacial score (nSPS) is 11.7. The van der Waals surface area contributed by atoms with Gasteiger partial charge in [0.25, 0.3) is 0 Å². The van der Waals surface area contributed by atoms with Crippen molar-refractivity contribution in [3.63, 3.8) is 0 Å². The van der Waals surface area contributed by atoms with E-state index in [0.29, 0.717) is 5.69 Å². The summed E-state index contributed by atoms with van der Waals surface area (Å²) in [7, 11) is -1.98. The van der Waals surface area contributed by atoms with Crippen LogP contribution in [0.4, 0.5) is 5.69 Å². The van der Waals surface area contributed by atoms with Crippen molar-refractivity contribution in [1.82, 2.24) is 4.31 Å². The van der Waals surface area contributed by atoms with Crippen LogP contribution in [0.15, 0.2) is 16.6 Å². The Labute approximate surface area is 122 Å². The van der Waals surface area contributed by atoms with Crippen LogP contribution < -0.4 is 5.32 Å². The molecule has 0 aromatic heterocycles. The van der Waals surface area contributed by atoms with E-state index in [9.17, 15) is 13.2 Å². The van der Waals surface area contributed by atoms with E-state index in [0.717, 1.165) is 26.2 Å². The van der Waals surface area contributed by atoms with Gasteiger partial charge >= 0.3 is 0 Å². The van der Waals surface area contributed by atoms with Gasteiger partial charge in [0.15, 0.2) is 0 Å². The lowest BCUT2D eigenvalue weighted by atomic mass is 10.1. The van der Waals surface area contributed by atoms with E-state index in [2.05, 4.69) is 21.2 Å². The van der Waals surface area contributed by atoms with Gasteiger partial charge in [0.2, 0.25) is 15.9 Å². The number of amides is 1. The Balaban J connectivity index is 2.78. The molecule has 0 radical (unpaired) electrons. The quantitative estimate of drug-likeness (QED) is 0.903. The van der Waals surface area contributed by atoms with Crippen LogP contribution in [0.25, 0.3) is 0 Å². The molecule has 0 atom stereocenters. The first-order valence-corrected chi connectivity index (χ1v) is 8.23. The van der Waals surface area contributed by atoms with Gasteiger partial charge in [-0.15, -0.1) is 0 Å². The number of nitrogens with zero attached hydrogens (tertiary/aromatic N) is 1. The first-order valence-electron chi connectivity index (χ1n) is 5.59. The molecule has 0 saturated heterocycles. The summed E-state index contributed by atoms with van der Waals surface area (Å²) in [5, 5.41) is 2.69. The summed E-state index contributed by atoms with van der Waals surface area (Å²) >= 11 is 3.45. The van der Waals surface area contributed by atoms with Gasteiger partial charge in [-0.25, -0.2) is 8.42 Å². The minimum Gasteiger partial charge on any atom is -0.325 e. The van der Waals surface area contributed by atoms with E-state index in [1.807, 2.05) is 26.0 Å². The molecule has 106 valence electrons. The van der Waals surface area contributed by atoms with Gasteiger partial charge in [-0.3, -0.25) is 4.79 Å². The molecule has 7 heteroatoms. The van der Waals surface area contributed by atoms with Crippen LogP contribution in [0.1, 0.15) is 11.1 Å². The number of hydrogen-bond donors (Lipinski definition) is 1. The fourth-order valence-corrected chi connectivity index (χ4v) is 2.12. The van der Waals surface area contributed by atoms with E-state index < -0.39 is 10.0 Å². The van der Waals surface area contributed by atoms with E-state index >= 15 is 0 Å². The molecule has 0 bridgehead atoms. The van der Waals surface area contributed by atoms with Gasteiger partial charge < -0.3 is 5.32 Å². The number of likely N-dealkylation sites (N-methyl/N-ethyl adjacent to an activating group) is 1. The van der Waals surface area contributed by atoms with Crippen molar-refractivity contribution >= 4 is 37.5 Å². The number of nitrogens with one attached hydrogen (secondary N) is 1. The van der Waals surface area contributed by atoms with Crippen molar-refractivity contribution < 1.29 is 13.2 Å². The number of sulfonamides is 1. The zero-order chi connectivity index (χ0) is 14.8. The largest absolute Gasteiger partial charge is 0.325 e. The van der Waals surface area contributed by atoms with Crippen molar-refractivity contribution in [3.05, 3.63) is 27.7 Å². The second-order valence-electron chi connectivity index (χ2n) is 4.49. The second-order valence-corrected chi connectivity index (χ2v) is 7.37. The maximum absolute atomic E-state index is 11.7. The van der Waals surface area contributed by atoms with Crippen LogP contribution in [0.5, 0.6) is 0 Å². The molecule has 0 aliphatic carbocycles. The number of hydrogen-bond acceptors (Lipinski definition) is 3. The standard InChI is InChI=1S/C12H17BrN2O3S/c1-8-5-10(6-9(2)12(8)13)14-11(16)7-15(3)19(4,17)18/h5-6H,7H2,1-4H3,(H,14,16). The van der Waals surface area contributed by atoms with Gasteiger partial charge in [0, 0.05) is 17.2 Å². The molecule has 19 heavy (non-hydrogen) atoms. The number of carbonyl (C=O) groups is 1. The molecule has 0 fully saturated rings. The predicted octanol–water partition coefficient (Wildman–Crippen LogP) is 1.90. The Morgan fingerprint density at radius 3 is 2.21 bits per heavy atom. The minimum absolute atomic E-state index is 0.201. The summed E-state index contributed by atoms with van der Waals surface area (Å²) in [6.07, 6.45) is 1.06. The number of aryl methyl sites for hydroxylation is 2. The van der Waals surface area contributed by atoms with Gasteiger partial charge in [-0.1, -0.05) is 15.9 Å². The van der Waals surface area contributed by atoms with Crippen LogP contribution in [-0.4, -0.2) is 38.5 Å². The molecule has 0 heterocycles. The molecule has 0 saturated carbocycles. The van der Waals surface area contributed by atoms with Crippen molar-refractivity contribution in [2.24, 2.45) is 0 Å². The highest BCUT2D eigenvalue weighted by Gasteiger charge is 2.15. The SMILES string of the molecule is Cc1cc(NC(=O)CN(C)S(C)(=O)=O)cc(C)c1Br. The van der Waals surface area contributed by atoms with Crippen LogP contribution in [0.3, 0.4) is 0 Å². The van der Waals surface area contributed by atoms with Gasteiger partial charge in [-0.05, 0) is 37.1 Å². The molecule has 0 aliphatic rings. The number of anilines is 1. The molecule has 0 unspecified atom stereocenters. The molecule has 0 aliphatic heterocycles. The Kier molecular flexibility index (Phi) is 5.11. The molecule has 1 aromatic carbocycles. The summed E-state index contributed by atoms with van der Waals surface area (Å²) in [6, 6.07) is 3.66. The minimum atomic E-state index is -3.35. The lowest BCUT2D eigenvalue weighted by Gasteiger charge is -2.14. The zero-order valence-electron chi connectivity index (χ0n) is 11.3. The lowest BCUT2D eigenvalue weighted by molar-refractivity contribution is -0.116. The van der Waals surface area contributed by atoms with E-state index in [1.165, 1.54) is 7.05 Å². The molecular formula is C12H17BrN2O3S. The topological polar surface area (TPSA) is 66.5 Å². The summed E-state index contributed by atoms with van der Waals surface area (Å²) in [4.78, 5) is 11.7. The highest BCUT2D eigenvalue weighted by Crippen LogP contribution is 2.24. The van der Waals surface area contributed by atoms with Crippen molar-refractivity contribution in [3.8, 4) is 0 Å². The highest BCUT2D eigenvalue weighted by molar-refractivity contribution is 9.10. The van der Waals surface area contributed by atoms with Crippen molar-refractivity contribution in [1.29, 1.82) is 0 Å². The lowest BCUT2D eigenvalue weighted by Crippen LogP contribution is -2.34. The number of carbonyl (C=O) groups excluding carboxylic acids is 1. The van der Waals surface area contributed by atoms with Crippen molar-refractivity contribution in [2.45, 2.75) is 13.8 Å². The maximum Gasteiger partial charge on any atom is 0.239 e. The van der Waals surface area contributed by atoms with Gasteiger partial charge in [-0.2, -0.15) is 4.31 Å². The first-order chi connectivity index (χ1) is 8.61. The summed E-state index contributed by atoms with van der Waals surface area (Å²) in [5.74, 6) is -0.367. The number of rotatable bonds is 4. The van der Waals surface area contributed by atoms with E-state index in [1.54, 1.807) is 0 Å². The molecule has 0 spiro atoms. The smallest absolute Gasteiger partial charge is 0.239 e. The molecule has 1 amide bonds. The third kappa shape index (κ3) is 4.59. The van der Waals surface area contributed by atoms with Crippen LogP contribution in [0.2, 0.25) is 0 Å². The highest BCUT2D eigenvalue weighted by atomic mass is 79.9. The fourth-order valence-electron chi connectivity index (χ4n) is 1.54. The monoisotopic (exact) mass is 348 g/mol. The first kappa shape index (κ1) is 16.1. The van der Waals surface area contributed by atoms with E-state index in [-0.39, 0.29) is 12.5 Å². The average molecular weight is 349 g/mol. The van der Waals surface area contributed by atoms with Crippen LogP contribution in [0, 0.1) is 13.8 Å². The summed E-state index contributed by atoms with van der Waals surface area (Å²) in [5.41, 5.74) is 2.67. The number of benzene rings is 1. The Morgan fingerprint density at radius 2 is 1.79 bits per heavy atom. The molecule has 1 aromatic rings. The Morgan fingerprint density at radius 1 is 1.32 bits per heavy atom. The van der Waals surface area contributed by atoms with E-state index in [4.69, 9.17) is 0 Å². The maximum atomic E-state index is 11.7. The van der Waals surface area contributed by atoms with Crippen LogP contribution >= 0.6 is 15.9 Å². The van der Waals surface area contributed by atoms with Crippen LogP contribution in [-0.2, 0) is 14.8 Å².